The number of carbonyl (C=O) groups excluding carboxylic acids is 3. The third kappa shape index (κ3) is 1.73. The van der Waals surface area contributed by atoms with Crippen LogP contribution in [-0.2, 0) is 33.4 Å². The number of nitrogens with zero attached hydrogens (tertiary/aromatic N) is 1. The quantitative estimate of drug-likeness (QED) is 0.600. The van der Waals surface area contributed by atoms with E-state index in [-0.39, 0.29) is 11.3 Å². The first kappa shape index (κ1) is 14.5. The molecule has 1 fully saturated rings. The lowest BCUT2D eigenvalue weighted by Gasteiger charge is -2.23. The normalized spacial score (nSPS) is 22.6. The summed E-state index contributed by atoms with van der Waals surface area (Å²) in [7, 11) is 2.36. The highest BCUT2D eigenvalue weighted by molar-refractivity contribution is 7.99. The Morgan fingerprint density at radius 1 is 1.14 bits per heavy atom. The highest BCUT2D eigenvalue weighted by Crippen LogP contribution is 2.59. The summed E-state index contributed by atoms with van der Waals surface area (Å²) in [6, 6.07) is 8.60. The minimum absolute atomic E-state index is 0.0886. The average molecular weight is 321 g/mol. The molecule has 0 N–H and O–H groups in total. The molecule has 1 aromatic rings. The van der Waals surface area contributed by atoms with Crippen molar-refractivity contribution in [3.63, 3.8) is 0 Å². The number of ether oxygens (including phenoxy) is 2. The number of rotatable bonds is 3. The van der Waals surface area contributed by atoms with Gasteiger partial charge in [0.2, 0.25) is 0 Å². The van der Waals surface area contributed by atoms with E-state index >= 15 is 0 Å². The van der Waals surface area contributed by atoms with Gasteiger partial charge in [0.15, 0.2) is 10.4 Å². The molecular formula is C14H11NO6S. The molecule has 2 bridgehead atoms. The molecule has 0 radical (unpaired) electrons. The second-order valence-electron chi connectivity index (χ2n) is 4.48. The zero-order valence-corrected chi connectivity index (χ0v) is 12.5. The lowest BCUT2D eigenvalue weighted by atomic mass is 9.88. The van der Waals surface area contributed by atoms with Crippen molar-refractivity contribution in [3.8, 4) is 0 Å². The zero-order chi connectivity index (χ0) is 15.9. The van der Waals surface area contributed by atoms with Crippen LogP contribution in [0.1, 0.15) is 5.56 Å². The van der Waals surface area contributed by atoms with Gasteiger partial charge in [0.05, 0.1) is 14.2 Å². The molecule has 0 unspecified atom stereocenters. The molecule has 0 saturated carbocycles. The van der Waals surface area contributed by atoms with Crippen molar-refractivity contribution in [2.45, 2.75) is 4.75 Å². The molecule has 1 aromatic carbocycles. The van der Waals surface area contributed by atoms with Gasteiger partial charge in [0.1, 0.15) is 5.57 Å². The summed E-state index contributed by atoms with van der Waals surface area (Å²) in [5, 5.41) is 0. The molecule has 0 aromatic heterocycles. The van der Waals surface area contributed by atoms with Gasteiger partial charge >= 0.3 is 17.9 Å². The zero-order valence-electron chi connectivity index (χ0n) is 11.7. The Bertz CT molecular complexity index is 701. The Labute approximate surface area is 129 Å². The molecule has 2 aliphatic rings. The first-order valence-corrected chi connectivity index (χ1v) is 7.02. The molecule has 1 atom stereocenters. The van der Waals surface area contributed by atoms with E-state index in [1.54, 1.807) is 30.3 Å². The summed E-state index contributed by atoms with van der Waals surface area (Å²) >= 11 is 0.930. The molecule has 7 nitrogen and oxygen atoms in total. The number of hydrogen-bond donors (Lipinski definition) is 0. The fourth-order valence-electron chi connectivity index (χ4n) is 2.42. The van der Waals surface area contributed by atoms with Crippen molar-refractivity contribution in [1.29, 1.82) is 0 Å². The monoisotopic (exact) mass is 321 g/mol. The maximum absolute atomic E-state index is 12.4. The SMILES string of the molecule is COC(=O)C1=C(C(=O)OC)[C@]2(c3ccccc3)SN1OC2=O. The minimum Gasteiger partial charge on any atom is -0.466 e. The van der Waals surface area contributed by atoms with E-state index in [9.17, 15) is 14.4 Å². The van der Waals surface area contributed by atoms with Crippen molar-refractivity contribution < 1.29 is 28.7 Å². The molecule has 0 spiro atoms. The summed E-state index contributed by atoms with van der Waals surface area (Å²) in [5.41, 5.74) is 0.295. The van der Waals surface area contributed by atoms with Crippen molar-refractivity contribution in [1.82, 2.24) is 4.47 Å². The van der Waals surface area contributed by atoms with Gasteiger partial charge in [-0.25, -0.2) is 14.4 Å². The van der Waals surface area contributed by atoms with Gasteiger partial charge in [0.25, 0.3) is 0 Å². The number of hydroxylamine groups is 1. The molecule has 114 valence electrons. The smallest absolute Gasteiger partial charge is 0.360 e. The predicted octanol–water partition coefficient (Wildman–Crippen LogP) is 0.918. The summed E-state index contributed by atoms with van der Waals surface area (Å²) in [5.74, 6) is -2.22. The second-order valence-corrected chi connectivity index (χ2v) is 5.61. The maximum atomic E-state index is 12.4. The number of esters is 2. The molecule has 0 amide bonds. The van der Waals surface area contributed by atoms with E-state index in [0.29, 0.717) is 5.56 Å². The number of carbonyl (C=O) groups is 3. The Balaban J connectivity index is 2.27. The van der Waals surface area contributed by atoms with Crippen molar-refractivity contribution in [2.24, 2.45) is 0 Å². The summed E-state index contributed by atoms with van der Waals surface area (Å²) in [6.45, 7) is 0. The van der Waals surface area contributed by atoms with Gasteiger partial charge in [-0.15, -0.1) is 4.47 Å². The van der Waals surface area contributed by atoms with Crippen LogP contribution in [0, 0.1) is 0 Å². The number of benzene rings is 1. The van der Waals surface area contributed by atoms with Crippen molar-refractivity contribution in [2.75, 3.05) is 14.2 Å². The van der Waals surface area contributed by atoms with Crippen LogP contribution in [0.4, 0.5) is 0 Å². The Morgan fingerprint density at radius 3 is 2.36 bits per heavy atom. The average Bonchev–Trinajstić information content (AvgIpc) is 3.07. The van der Waals surface area contributed by atoms with E-state index in [0.717, 1.165) is 16.4 Å². The summed E-state index contributed by atoms with van der Waals surface area (Å²) < 4.78 is 8.98. The van der Waals surface area contributed by atoms with Crippen LogP contribution >= 0.6 is 11.9 Å². The maximum Gasteiger partial charge on any atom is 0.360 e. The van der Waals surface area contributed by atoms with Gasteiger partial charge in [-0.2, -0.15) is 0 Å². The van der Waals surface area contributed by atoms with Crippen LogP contribution in [0.2, 0.25) is 0 Å². The molecule has 1 saturated heterocycles. The number of methoxy groups -OCH3 is 2. The van der Waals surface area contributed by atoms with Crippen LogP contribution in [0.15, 0.2) is 41.6 Å². The Kier molecular flexibility index (Phi) is 3.32. The van der Waals surface area contributed by atoms with Gasteiger partial charge in [-0.3, -0.25) is 0 Å². The fourth-order valence-corrected chi connectivity index (χ4v) is 3.66. The molecule has 3 rings (SSSR count). The summed E-state index contributed by atoms with van der Waals surface area (Å²) in [6.07, 6.45) is 0. The fraction of sp³-hybridized carbons (Fsp3) is 0.214. The van der Waals surface area contributed by atoms with Crippen LogP contribution in [0.25, 0.3) is 0 Å². The third-order valence-corrected chi connectivity index (χ3v) is 4.70. The molecular weight excluding hydrogens is 310 g/mol. The molecule has 22 heavy (non-hydrogen) atoms. The standard InChI is InChI=1S/C14H11NO6S/c1-19-11(16)9-10(12(17)20-2)15-21-13(18)14(9,22-15)8-6-4-3-5-7-8/h3-7H,1-2H3/t14-/m0/s1. The minimum atomic E-state index is -1.46. The highest BCUT2D eigenvalue weighted by atomic mass is 32.2. The topological polar surface area (TPSA) is 82.1 Å². The van der Waals surface area contributed by atoms with Crippen LogP contribution < -0.4 is 0 Å². The van der Waals surface area contributed by atoms with E-state index in [1.807, 2.05) is 0 Å². The number of fused-ring (bicyclic) bond motifs is 2. The first-order chi connectivity index (χ1) is 10.6. The molecule has 2 heterocycles. The lowest BCUT2D eigenvalue weighted by molar-refractivity contribution is -0.167. The van der Waals surface area contributed by atoms with Gasteiger partial charge in [0, 0.05) is 11.9 Å². The Morgan fingerprint density at radius 2 is 1.77 bits per heavy atom. The van der Waals surface area contributed by atoms with E-state index in [4.69, 9.17) is 9.57 Å². The van der Waals surface area contributed by atoms with Gasteiger partial charge in [-0.05, 0) is 5.56 Å². The van der Waals surface area contributed by atoms with E-state index in [2.05, 4.69) is 4.74 Å². The van der Waals surface area contributed by atoms with Crippen molar-refractivity contribution >= 4 is 29.9 Å². The first-order valence-electron chi connectivity index (χ1n) is 6.24. The Hall–Kier alpha value is -2.48. The van der Waals surface area contributed by atoms with Crippen LogP contribution in [0.3, 0.4) is 0 Å². The molecule has 8 heteroatoms. The van der Waals surface area contributed by atoms with Crippen LogP contribution in [0.5, 0.6) is 0 Å². The molecule has 0 aliphatic carbocycles. The van der Waals surface area contributed by atoms with Gasteiger partial charge < -0.3 is 14.3 Å². The molecule has 2 aliphatic heterocycles. The predicted molar refractivity (Wildman–Crippen MR) is 74.7 cm³/mol. The van der Waals surface area contributed by atoms with E-state index in [1.165, 1.54) is 14.2 Å². The lowest BCUT2D eigenvalue weighted by Crippen LogP contribution is -2.39. The van der Waals surface area contributed by atoms with Crippen LogP contribution in [-0.4, -0.2) is 36.6 Å². The second kappa shape index (κ2) is 5.06. The van der Waals surface area contributed by atoms with Gasteiger partial charge in [-0.1, -0.05) is 30.3 Å². The highest BCUT2D eigenvalue weighted by Gasteiger charge is 2.66. The largest absolute Gasteiger partial charge is 0.466 e. The van der Waals surface area contributed by atoms with E-state index < -0.39 is 22.7 Å². The number of hydrogen-bond acceptors (Lipinski definition) is 8. The van der Waals surface area contributed by atoms with Crippen molar-refractivity contribution in [3.05, 3.63) is 47.2 Å². The summed E-state index contributed by atoms with van der Waals surface area (Å²) in [4.78, 5) is 41.6. The third-order valence-electron chi connectivity index (χ3n) is 3.39.